The number of hydrogen-bond donors (Lipinski definition) is 2. The Morgan fingerprint density at radius 3 is 2.96 bits per heavy atom. The molecule has 4 aliphatic rings. The summed E-state index contributed by atoms with van der Waals surface area (Å²) in [5.41, 5.74) is 0. The molecule has 2 N–H and O–H groups in total. The van der Waals surface area contributed by atoms with Crippen molar-refractivity contribution in [2.45, 2.75) is 57.7 Å². The van der Waals surface area contributed by atoms with Crippen molar-refractivity contribution >= 4 is 17.8 Å². The fourth-order valence-corrected chi connectivity index (χ4v) is 5.03. The summed E-state index contributed by atoms with van der Waals surface area (Å²) in [6, 6.07) is 1.28. The number of fused-ring (bicyclic) bond motifs is 3. The Balaban J connectivity index is 1.44. The number of carbonyl (C=O) groups excluding carboxylic acids is 2. The monoisotopic (exact) mass is 375 g/mol. The zero-order valence-electron chi connectivity index (χ0n) is 15.9. The number of aliphatic hydroxyl groups is 1. The molecule has 8 heteroatoms. The molecule has 27 heavy (non-hydrogen) atoms. The first-order chi connectivity index (χ1) is 13.1. The molecule has 3 saturated heterocycles. The molecular formula is C19H29N5O3. The molecule has 1 saturated carbocycles. The van der Waals surface area contributed by atoms with E-state index < -0.39 is 6.04 Å². The van der Waals surface area contributed by atoms with Crippen molar-refractivity contribution in [3.8, 4) is 0 Å². The number of aliphatic hydroxyl groups excluding tert-OH is 1. The number of amides is 3. The first kappa shape index (κ1) is 18.3. The molecule has 0 spiro atoms. The standard InChI is InChI=1S/C19H29N5O3/c1-2-24-17(7-8-20-24)22-9-3-4-15(18(22)26)21-19(27)23-11-13-5-6-16(23)14(10-13)12-25/h7-8,13-16,25H,2-6,9-12H2,1H3,(H,21,27). The zero-order valence-corrected chi connectivity index (χ0v) is 15.9. The Kier molecular flexibility index (Phi) is 5.08. The van der Waals surface area contributed by atoms with Gasteiger partial charge in [0.05, 0.1) is 6.20 Å². The second kappa shape index (κ2) is 7.50. The van der Waals surface area contributed by atoms with Crippen molar-refractivity contribution in [1.82, 2.24) is 20.0 Å². The molecule has 2 bridgehead atoms. The molecule has 8 nitrogen and oxygen atoms in total. The molecular weight excluding hydrogens is 346 g/mol. The molecule has 0 radical (unpaired) electrons. The van der Waals surface area contributed by atoms with Crippen LogP contribution < -0.4 is 10.2 Å². The average Bonchev–Trinajstić information content (AvgIpc) is 3.18. The SMILES string of the molecule is CCn1nccc1N1CCCC(NC(=O)N2CC3CCC2C(CO)C3)C1=O. The zero-order chi connectivity index (χ0) is 19.0. The molecule has 1 aromatic rings. The minimum atomic E-state index is -0.500. The molecule has 4 fully saturated rings. The first-order valence-corrected chi connectivity index (χ1v) is 10.1. The molecule has 1 aliphatic carbocycles. The minimum Gasteiger partial charge on any atom is -0.396 e. The summed E-state index contributed by atoms with van der Waals surface area (Å²) in [6.45, 7) is 4.20. The number of urea groups is 1. The molecule has 3 aliphatic heterocycles. The van der Waals surface area contributed by atoms with Gasteiger partial charge in [-0.2, -0.15) is 5.10 Å². The fraction of sp³-hybridized carbons (Fsp3) is 0.737. The number of aryl methyl sites for hydroxylation is 1. The predicted octanol–water partition coefficient (Wildman–Crippen LogP) is 1.20. The van der Waals surface area contributed by atoms with Crippen molar-refractivity contribution in [3.63, 3.8) is 0 Å². The highest BCUT2D eigenvalue weighted by Gasteiger charge is 2.43. The van der Waals surface area contributed by atoms with Gasteiger partial charge in [-0.05, 0) is 44.9 Å². The summed E-state index contributed by atoms with van der Waals surface area (Å²) >= 11 is 0. The van der Waals surface area contributed by atoms with Crippen molar-refractivity contribution in [3.05, 3.63) is 12.3 Å². The summed E-state index contributed by atoms with van der Waals surface area (Å²) in [5.74, 6) is 1.36. The second-order valence-corrected chi connectivity index (χ2v) is 7.98. The van der Waals surface area contributed by atoms with Gasteiger partial charge in [0.2, 0.25) is 0 Å². The smallest absolute Gasteiger partial charge is 0.318 e. The van der Waals surface area contributed by atoms with Crippen LogP contribution in [0, 0.1) is 11.8 Å². The van der Waals surface area contributed by atoms with Gasteiger partial charge in [0.25, 0.3) is 5.91 Å². The molecule has 0 aromatic carbocycles. The Morgan fingerprint density at radius 2 is 2.22 bits per heavy atom. The summed E-state index contributed by atoms with van der Waals surface area (Å²) < 4.78 is 1.80. The van der Waals surface area contributed by atoms with Gasteiger partial charge in [0.15, 0.2) is 0 Å². The molecule has 5 rings (SSSR count). The van der Waals surface area contributed by atoms with Crippen molar-refractivity contribution in [1.29, 1.82) is 0 Å². The van der Waals surface area contributed by atoms with Crippen molar-refractivity contribution in [2.24, 2.45) is 11.8 Å². The van der Waals surface area contributed by atoms with Gasteiger partial charge in [-0.15, -0.1) is 0 Å². The first-order valence-electron chi connectivity index (χ1n) is 10.1. The number of nitrogens with zero attached hydrogens (tertiary/aromatic N) is 4. The molecule has 1 aromatic heterocycles. The predicted molar refractivity (Wildman–Crippen MR) is 100 cm³/mol. The summed E-state index contributed by atoms with van der Waals surface area (Å²) in [7, 11) is 0. The van der Waals surface area contributed by atoms with Gasteiger partial charge in [0.1, 0.15) is 11.9 Å². The van der Waals surface area contributed by atoms with E-state index in [0.717, 1.165) is 38.0 Å². The van der Waals surface area contributed by atoms with Gasteiger partial charge in [-0.25, -0.2) is 9.48 Å². The number of piperidine rings is 3. The van der Waals surface area contributed by atoms with Crippen LogP contribution >= 0.6 is 0 Å². The quantitative estimate of drug-likeness (QED) is 0.827. The Bertz CT molecular complexity index is 705. The molecule has 148 valence electrons. The average molecular weight is 375 g/mol. The number of hydrogen-bond acceptors (Lipinski definition) is 4. The molecule has 4 unspecified atom stereocenters. The van der Waals surface area contributed by atoms with E-state index in [1.807, 2.05) is 17.9 Å². The van der Waals surface area contributed by atoms with E-state index in [1.165, 1.54) is 0 Å². The fourth-order valence-electron chi connectivity index (χ4n) is 5.03. The Hall–Kier alpha value is -2.09. The second-order valence-electron chi connectivity index (χ2n) is 7.98. The van der Waals surface area contributed by atoms with Gasteiger partial charge in [-0.3, -0.25) is 9.69 Å². The lowest BCUT2D eigenvalue weighted by molar-refractivity contribution is -0.121. The van der Waals surface area contributed by atoms with Crippen LogP contribution in [0.15, 0.2) is 12.3 Å². The normalized spacial score (nSPS) is 30.7. The third-order valence-electron chi connectivity index (χ3n) is 6.41. The highest BCUT2D eigenvalue weighted by molar-refractivity contribution is 5.99. The molecule has 3 amide bonds. The summed E-state index contributed by atoms with van der Waals surface area (Å²) in [6.07, 6.45) is 6.28. The van der Waals surface area contributed by atoms with E-state index in [9.17, 15) is 14.7 Å². The van der Waals surface area contributed by atoms with Crippen LogP contribution in [0.1, 0.15) is 39.0 Å². The third-order valence-corrected chi connectivity index (χ3v) is 6.41. The summed E-state index contributed by atoms with van der Waals surface area (Å²) in [5, 5.41) is 16.9. The minimum absolute atomic E-state index is 0.0642. The molecule has 4 heterocycles. The van der Waals surface area contributed by atoms with Crippen LogP contribution in [0.5, 0.6) is 0 Å². The highest BCUT2D eigenvalue weighted by Crippen LogP contribution is 2.38. The Morgan fingerprint density at radius 1 is 1.37 bits per heavy atom. The third kappa shape index (κ3) is 3.31. The largest absolute Gasteiger partial charge is 0.396 e. The van der Waals surface area contributed by atoms with Gasteiger partial charge in [0, 0.05) is 44.3 Å². The lowest BCUT2D eigenvalue weighted by atomic mass is 9.73. The highest BCUT2D eigenvalue weighted by atomic mass is 16.3. The van der Waals surface area contributed by atoms with Crippen LogP contribution in [0.2, 0.25) is 0 Å². The Labute approximate surface area is 159 Å². The van der Waals surface area contributed by atoms with Crippen molar-refractivity contribution in [2.75, 3.05) is 24.6 Å². The number of nitrogens with one attached hydrogen (secondary N) is 1. The van der Waals surface area contributed by atoms with Gasteiger partial charge in [-0.1, -0.05) is 0 Å². The van der Waals surface area contributed by atoms with E-state index in [-0.39, 0.29) is 30.5 Å². The number of carbonyl (C=O) groups is 2. The maximum Gasteiger partial charge on any atom is 0.318 e. The molecule has 4 atom stereocenters. The lowest BCUT2D eigenvalue weighted by Gasteiger charge is -2.49. The topological polar surface area (TPSA) is 90.7 Å². The van der Waals surface area contributed by atoms with E-state index >= 15 is 0 Å². The maximum absolute atomic E-state index is 13.0. The maximum atomic E-state index is 13.0. The van der Waals surface area contributed by atoms with Crippen LogP contribution in [0.3, 0.4) is 0 Å². The lowest BCUT2D eigenvalue weighted by Crippen LogP contribution is -2.62. The van der Waals surface area contributed by atoms with E-state index in [0.29, 0.717) is 25.4 Å². The number of anilines is 1. The van der Waals surface area contributed by atoms with E-state index in [2.05, 4.69) is 10.4 Å². The van der Waals surface area contributed by atoms with Crippen LogP contribution in [-0.2, 0) is 11.3 Å². The van der Waals surface area contributed by atoms with E-state index in [1.54, 1.807) is 15.8 Å². The van der Waals surface area contributed by atoms with Crippen LogP contribution in [0.4, 0.5) is 10.6 Å². The van der Waals surface area contributed by atoms with Gasteiger partial charge < -0.3 is 15.3 Å². The van der Waals surface area contributed by atoms with E-state index in [4.69, 9.17) is 0 Å². The summed E-state index contributed by atoms with van der Waals surface area (Å²) in [4.78, 5) is 29.5. The number of aromatic nitrogens is 2. The number of rotatable bonds is 4. The van der Waals surface area contributed by atoms with Gasteiger partial charge >= 0.3 is 6.03 Å². The van der Waals surface area contributed by atoms with Crippen LogP contribution in [0.25, 0.3) is 0 Å². The van der Waals surface area contributed by atoms with Crippen LogP contribution in [-0.4, -0.2) is 63.5 Å². The van der Waals surface area contributed by atoms with Crippen molar-refractivity contribution < 1.29 is 14.7 Å².